The van der Waals surface area contributed by atoms with E-state index in [1.54, 1.807) is 0 Å². The monoisotopic (exact) mass is 257 g/mol. The molecule has 1 aromatic rings. The van der Waals surface area contributed by atoms with Crippen LogP contribution in [0.3, 0.4) is 0 Å². The van der Waals surface area contributed by atoms with E-state index in [9.17, 15) is 24.2 Å². The number of aliphatic carboxylic acids is 1. The van der Waals surface area contributed by atoms with E-state index >= 15 is 0 Å². The molecule has 1 aromatic carbocycles. The van der Waals surface area contributed by atoms with Gasteiger partial charge in [0.15, 0.2) is 6.10 Å². The number of amides is 1. The van der Waals surface area contributed by atoms with Crippen LogP contribution in [0.2, 0.25) is 0 Å². The molecule has 0 aliphatic carbocycles. The van der Waals surface area contributed by atoms with Crippen molar-refractivity contribution in [3.05, 3.63) is 35.1 Å². The lowest BCUT2D eigenvalue weighted by Gasteiger charge is -2.16. The van der Waals surface area contributed by atoms with Crippen molar-refractivity contribution in [1.82, 2.24) is 0 Å². The molecular weight excluding hydrogens is 245 g/mol. The second-order valence-corrected chi connectivity index (χ2v) is 3.72. The van der Waals surface area contributed by atoms with Crippen molar-refractivity contribution in [3.8, 4) is 0 Å². The molecule has 0 bridgehead atoms. The molecule has 0 spiro atoms. The molecule has 5 N–H and O–H groups in total. The van der Waals surface area contributed by atoms with Crippen molar-refractivity contribution < 1.29 is 29.3 Å². The molecule has 0 aliphatic rings. The van der Waals surface area contributed by atoms with Crippen LogP contribution in [0.15, 0.2) is 18.2 Å². The van der Waals surface area contributed by atoms with Gasteiger partial charge >= 0.3 is 5.97 Å². The fraction of sp³-hybridized carbons (Fsp3) is 0.273. The van der Waals surface area contributed by atoms with Crippen LogP contribution in [0, 0.1) is 5.82 Å². The molecule has 0 heterocycles. The second kappa shape index (κ2) is 5.56. The number of rotatable bonds is 5. The largest absolute Gasteiger partial charge is 0.481 e. The molecule has 1 amide bonds. The number of hydrogen-bond acceptors (Lipinski definition) is 4. The lowest BCUT2D eigenvalue weighted by molar-refractivity contribution is -0.136. The van der Waals surface area contributed by atoms with Gasteiger partial charge in [-0.05, 0) is 17.7 Å². The number of nitrogens with two attached hydrogens (primary N) is 1. The van der Waals surface area contributed by atoms with Crippen molar-refractivity contribution >= 4 is 11.9 Å². The Labute approximate surface area is 101 Å². The number of aliphatic hydroxyl groups excluding tert-OH is 2. The normalized spacial score (nSPS) is 13.9. The summed E-state index contributed by atoms with van der Waals surface area (Å²) in [5, 5.41) is 27.4. The van der Waals surface area contributed by atoms with Gasteiger partial charge in [-0.25, -0.2) is 4.39 Å². The van der Waals surface area contributed by atoms with Crippen LogP contribution in [0.4, 0.5) is 4.39 Å². The van der Waals surface area contributed by atoms with Gasteiger partial charge in [0, 0.05) is 5.56 Å². The summed E-state index contributed by atoms with van der Waals surface area (Å²) in [6.45, 7) is 0. The molecule has 2 atom stereocenters. The number of carbonyl (C=O) groups excluding carboxylic acids is 1. The van der Waals surface area contributed by atoms with Gasteiger partial charge in [-0.1, -0.05) is 6.07 Å². The van der Waals surface area contributed by atoms with Crippen LogP contribution >= 0.6 is 0 Å². The third-order valence-corrected chi connectivity index (χ3v) is 2.32. The molecule has 0 saturated carbocycles. The van der Waals surface area contributed by atoms with Crippen LogP contribution in [-0.4, -0.2) is 33.3 Å². The molecular formula is C11H12FNO5. The van der Waals surface area contributed by atoms with Crippen LogP contribution in [0.25, 0.3) is 0 Å². The molecule has 0 aromatic heterocycles. The van der Waals surface area contributed by atoms with Gasteiger partial charge in [-0.2, -0.15) is 0 Å². The zero-order valence-corrected chi connectivity index (χ0v) is 9.21. The molecule has 7 heteroatoms. The first-order valence-corrected chi connectivity index (χ1v) is 4.98. The van der Waals surface area contributed by atoms with E-state index in [0.29, 0.717) is 0 Å². The average molecular weight is 257 g/mol. The fourth-order valence-electron chi connectivity index (χ4n) is 1.43. The first-order valence-electron chi connectivity index (χ1n) is 4.98. The van der Waals surface area contributed by atoms with E-state index in [1.165, 1.54) is 6.07 Å². The average Bonchev–Trinajstić information content (AvgIpc) is 2.29. The number of hydrogen-bond donors (Lipinski definition) is 4. The molecule has 2 unspecified atom stereocenters. The minimum absolute atomic E-state index is 0.231. The summed E-state index contributed by atoms with van der Waals surface area (Å²) >= 11 is 0. The van der Waals surface area contributed by atoms with Crippen LogP contribution in [0.1, 0.15) is 17.2 Å². The molecule has 98 valence electrons. The number of carbonyl (C=O) groups is 2. The van der Waals surface area contributed by atoms with Gasteiger partial charge in [0.25, 0.3) is 0 Å². The number of carboxylic acid groups (broad SMARTS) is 1. The van der Waals surface area contributed by atoms with E-state index in [1.807, 2.05) is 0 Å². The molecule has 0 saturated heterocycles. The molecule has 0 fully saturated rings. The first-order chi connectivity index (χ1) is 8.32. The van der Waals surface area contributed by atoms with Gasteiger partial charge in [-0.15, -0.1) is 0 Å². The third-order valence-electron chi connectivity index (χ3n) is 2.32. The Bertz CT molecular complexity index is 477. The lowest BCUT2D eigenvalue weighted by atomic mass is 10.00. The van der Waals surface area contributed by atoms with E-state index in [0.717, 1.165) is 12.1 Å². The Balaban J connectivity index is 3.07. The quantitative estimate of drug-likeness (QED) is 0.557. The molecule has 18 heavy (non-hydrogen) atoms. The second-order valence-electron chi connectivity index (χ2n) is 3.72. The summed E-state index contributed by atoms with van der Waals surface area (Å²) in [5.41, 5.74) is 4.63. The predicted octanol–water partition coefficient (Wildman–Crippen LogP) is -0.668. The highest BCUT2D eigenvalue weighted by Gasteiger charge is 2.26. The molecule has 1 rings (SSSR count). The highest BCUT2D eigenvalue weighted by atomic mass is 19.1. The van der Waals surface area contributed by atoms with Gasteiger partial charge in [0.05, 0.1) is 6.42 Å². The first kappa shape index (κ1) is 14.1. The summed E-state index contributed by atoms with van der Waals surface area (Å²) in [4.78, 5) is 21.2. The van der Waals surface area contributed by atoms with Gasteiger partial charge in [-0.3, -0.25) is 9.59 Å². The summed E-state index contributed by atoms with van der Waals surface area (Å²) in [6.07, 6.45) is -4.16. The van der Waals surface area contributed by atoms with Gasteiger partial charge in [0.2, 0.25) is 5.91 Å². The van der Waals surface area contributed by atoms with E-state index in [2.05, 4.69) is 0 Å². The summed E-state index contributed by atoms with van der Waals surface area (Å²) in [6, 6.07) is 3.25. The minimum Gasteiger partial charge on any atom is -0.481 e. The SMILES string of the molecule is NC(=O)C(O)C(O)c1cc(CC(=O)O)ccc1F. The maximum atomic E-state index is 13.4. The zero-order chi connectivity index (χ0) is 13.9. The van der Waals surface area contributed by atoms with Crippen molar-refractivity contribution in [2.45, 2.75) is 18.6 Å². The number of aliphatic hydroxyl groups is 2. The van der Waals surface area contributed by atoms with Gasteiger partial charge in [0.1, 0.15) is 11.9 Å². The van der Waals surface area contributed by atoms with Crippen molar-refractivity contribution in [2.75, 3.05) is 0 Å². The fourth-order valence-corrected chi connectivity index (χ4v) is 1.43. The lowest BCUT2D eigenvalue weighted by Crippen LogP contribution is -2.34. The summed E-state index contributed by atoms with van der Waals surface area (Å²) < 4.78 is 13.4. The molecule has 6 nitrogen and oxygen atoms in total. The maximum absolute atomic E-state index is 13.4. The van der Waals surface area contributed by atoms with E-state index in [4.69, 9.17) is 10.8 Å². The summed E-state index contributed by atoms with van der Waals surface area (Å²) in [7, 11) is 0. The smallest absolute Gasteiger partial charge is 0.307 e. The number of carboxylic acids is 1. The van der Waals surface area contributed by atoms with Gasteiger partial charge < -0.3 is 21.1 Å². The highest BCUT2D eigenvalue weighted by molar-refractivity contribution is 5.79. The molecule has 0 aliphatic heterocycles. The Morgan fingerprint density at radius 1 is 1.33 bits per heavy atom. The Hall–Kier alpha value is -1.99. The summed E-state index contributed by atoms with van der Waals surface area (Å²) in [5.74, 6) is -3.19. The Morgan fingerprint density at radius 2 is 1.94 bits per heavy atom. The van der Waals surface area contributed by atoms with Crippen molar-refractivity contribution in [2.24, 2.45) is 5.73 Å². The van der Waals surface area contributed by atoms with Crippen molar-refractivity contribution in [3.63, 3.8) is 0 Å². The number of primary amides is 1. The Morgan fingerprint density at radius 3 is 2.44 bits per heavy atom. The highest BCUT2D eigenvalue weighted by Crippen LogP contribution is 2.22. The van der Waals surface area contributed by atoms with E-state index < -0.39 is 29.9 Å². The van der Waals surface area contributed by atoms with Crippen LogP contribution in [-0.2, 0) is 16.0 Å². The topological polar surface area (TPSA) is 121 Å². The van der Waals surface area contributed by atoms with Crippen LogP contribution in [0.5, 0.6) is 0 Å². The third kappa shape index (κ3) is 3.25. The zero-order valence-electron chi connectivity index (χ0n) is 9.21. The Kier molecular flexibility index (Phi) is 4.35. The molecule has 0 radical (unpaired) electrons. The van der Waals surface area contributed by atoms with Crippen molar-refractivity contribution in [1.29, 1.82) is 0 Å². The number of halogens is 1. The van der Waals surface area contributed by atoms with Crippen LogP contribution < -0.4 is 5.73 Å². The predicted molar refractivity (Wildman–Crippen MR) is 57.9 cm³/mol. The standard InChI is InChI=1S/C11H12FNO5/c12-7-2-1-5(4-8(14)15)3-6(7)9(16)10(17)11(13)18/h1-3,9-10,16-17H,4H2,(H2,13,18)(H,14,15). The maximum Gasteiger partial charge on any atom is 0.307 e. The minimum atomic E-state index is -1.96. The number of benzene rings is 1. The van der Waals surface area contributed by atoms with E-state index in [-0.39, 0.29) is 17.5 Å².